The Bertz CT molecular complexity index is 1590. The number of rotatable bonds is 16. The maximum Gasteiger partial charge on any atom is 0.311 e. The maximum atomic E-state index is 14.8. The first-order valence-corrected chi connectivity index (χ1v) is 31.7. The Balaban J connectivity index is 2.39. The van der Waals surface area contributed by atoms with E-state index in [9.17, 15) is 15.0 Å². The Labute approximate surface area is 407 Å². The van der Waals surface area contributed by atoms with Crippen LogP contribution in [0.25, 0.3) is 0 Å². The Hall–Kier alpha value is -1.11. The third-order valence-electron chi connectivity index (χ3n) is 14.1. The second-order valence-corrected chi connectivity index (χ2v) is 32.0. The monoisotopic (exact) mass is 993 g/mol. The Kier molecular flexibility index (Phi) is 21.2. The molecule has 3 saturated heterocycles. The number of esters is 1. The van der Waals surface area contributed by atoms with Gasteiger partial charge in [-0.15, -0.1) is 0 Å². The normalized spacial score (nSPS) is 42.1. The standard InChI is InChI=1S/C49H96N2O14Si2/c1-24-36-49(13,54)41(52)31(5)38(50-65-46(9,10)57-25-2)29(3)27-47(11,55-16)42(62-45-40(63-66(18,19)20)35(51(14)15)26-30(4)58-45)32(6)39(33(7)44(53)60-36)61-37-28-48(12,56-17)43(34(8)59-37)64-67(21,22)23/h29-37,39-43,45,52,54H,24-28H2,1-23H3/b50-38+/t29-,30-,31+,32+,33-,34+,35+,36?,37+,39?,40-,41-,42-,43+,45+,47-,48-,49-/m0/s1. The van der Waals surface area contributed by atoms with E-state index in [-0.39, 0.29) is 31.1 Å². The summed E-state index contributed by atoms with van der Waals surface area (Å²) in [6, 6.07) is -0.0381. The lowest BCUT2D eigenvalue weighted by atomic mass is 9.73. The highest BCUT2D eigenvalue weighted by atomic mass is 28.4. The van der Waals surface area contributed by atoms with Gasteiger partial charge in [0, 0.05) is 64.9 Å². The number of methoxy groups -OCH3 is 2. The number of likely N-dealkylation sites (N-methyl/N-ethyl adjacent to an activating group) is 1. The highest BCUT2D eigenvalue weighted by molar-refractivity contribution is 6.70. The van der Waals surface area contributed by atoms with Crippen LogP contribution in [0.15, 0.2) is 5.16 Å². The number of carbonyl (C=O) groups excluding carboxylic acids is 1. The number of aliphatic hydroxyl groups is 2. The third-order valence-corrected chi connectivity index (χ3v) is 16.0. The molecule has 0 aliphatic carbocycles. The molecule has 18 atom stereocenters. The van der Waals surface area contributed by atoms with Crippen molar-refractivity contribution >= 4 is 28.3 Å². The third kappa shape index (κ3) is 15.5. The van der Waals surface area contributed by atoms with Crippen molar-refractivity contribution in [2.24, 2.45) is 28.8 Å². The summed E-state index contributed by atoms with van der Waals surface area (Å²) in [4.78, 5) is 23.1. The molecule has 16 nitrogen and oxygen atoms in total. The van der Waals surface area contributed by atoms with Gasteiger partial charge in [-0.1, -0.05) is 32.9 Å². The van der Waals surface area contributed by atoms with Gasteiger partial charge in [-0.25, -0.2) is 0 Å². The van der Waals surface area contributed by atoms with E-state index in [1.807, 2.05) is 62.6 Å². The molecule has 0 bridgehead atoms. The van der Waals surface area contributed by atoms with Crippen LogP contribution in [0.2, 0.25) is 39.3 Å². The fraction of sp³-hybridized carbons (Fsp3) is 0.959. The zero-order valence-corrected chi connectivity index (χ0v) is 47.9. The number of nitrogens with zero attached hydrogens (tertiary/aromatic N) is 2. The summed E-state index contributed by atoms with van der Waals surface area (Å²) in [6.07, 6.45) is -5.99. The molecule has 2 unspecified atom stereocenters. The fourth-order valence-electron chi connectivity index (χ4n) is 10.4. The van der Waals surface area contributed by atoms with Gasteiger partial charge in [0.2, 0.25) is 5.79 Å². The summed E-state index contributed by atoms with van der Waals surface area (Å²) in [5, 5.41) is 29.2. The summed E-state index contributed by atoms with van der Waals surface area (Å²) >= 11 is 0. The summed E-state index contributed by atoms with van der Waals surface area (Å²) in [5.41, 5.74) is -3.43. The molecule has 0 aromatic heterocycles. The first-order chi connectivity index (χ1) is 30.6. The predicted octanol–water partition coefficient (Wildman–Crippen LogP) is 7.73. The Morgan fingerprint density at radius 1 is 0.821 bits per heavy atom. The molecule has 0 aromatic rings. The minimum atomic E-state index is -2.20. The van der Waals surface area contributed by atoms with E-state index in [0.29, 0.717) is 18.7 Å². The van der Waals surface area contributed by atoms with Gasteiger partial charge < -0.3 is 66.7 Å². The average molecular weight is 993 g/mol. The molecule has 394 valence electrons. The van der Waals surface area contributed by atoms with Gasteiger partial charge >= 0.3 is 5.97 Å². The molecule has 3 rings (SSSR count). The smallest absolute Gasteiger partial charge is 0.311 e. The SMILES string of the molecule is CCOC(C)(C)O/N=C1/[C@@H](C)[C@H](O)[C@@](C)(O)C(CC)OC(=O)[C@@H](C)C(O[C@@H]2C[C@](C)(OC)[C@H](O[Si](C)(C)C)[C@@H](C)O2)[C@@H](C)[C@H](O[C@H]2O[C@@H](C)C[C@@H](N(C)C)[C@@H]2O[Si](C)(C)C)[C@@](C)(OC)C[C@@H]1C. The van der Waals surface area contributed by atoms with Gasteiger partial charge in [-0.2, -0.15) is 0 Å². The van der Waals surface area contributed by atoms with Gasteiger partial charge in [0.05, 0.1) is 59.5 Å². The van der Waals surface area contributed by atoms with Crippen LogP contribution in [0.3, 0.4) is 0 Å². The number of cyclic esters (lactones) is 1. The number of carbonyl (C=O) groups is 1. The van der Waals surface area contributed by atoms with Crippen LogP contribution in [-0.4, -0.2) is 168 Å². The van der Waals surface area contributed by atoms with Gasteiger partial charge in [0.1, 0.15) is 17.8 Å². The maximum absolute atomic E-state index is 14.8. The topological polar surface area (TPSA) is 175 Å². The van der Waals surface area contributed by atoms with Crippen LogP contribution in [0.5, 0.6) is 0 Å². The van der Waals surface area contributed by atoms with Crippen molar-refractivity contribution in [1.29, 1.82) is 0 Å². The van der Waals surface area contributed by atoms with Crippen LogP contribution in [0.1, 0.15) is 116 Å². The number of hydrogen-bond acceptors (Lipinski definition) is 16. The molecule has 3 aliphatic heterocycles. The van der Waals surface area contributed by atoms with Crippen LogP contribution in [-0.2, 0) is 56.4 Å². The molecule has 3 heterocycles. The summed E-state index contributed by atoms with van der Waals surface area (Å²) in [7, 11) is 3.16. The molecule has 67 heavy (non-hydrogen) atoms. The molecular formula is C49H96N2O14Si2. The summed E-state index contributed by atoms with van der Waals surface area (Å²) in [5.74, 6) is -4.57. The van der Waals surface area contributed by atoms with Crippen molar-refractivity contribution in [3.8, 4) is 0 Å². The van der Waals surface area contributed by atoms with Gasteiger partial charge in [0.25, 0.3) is 0 Å². The van der Waals surface area contributed by atoms with E-state index < -0.39 is 118 Å². The van der Waals surface area contributed by atoms with E-state index in [2.05, 4.69) is 44.2 Å². The van der Waals surface area contributed by atoms with Crippen LogP contribution >= 0.6 is 0 Å². The van der Waals surface area contributed by atoms with Crippen molar-refractivity contribution in [3.05, 3.63) is 0 Å². The molecular weight excluding hydrogens is 897 g/mol. The second kappa shape index (κ2) is 23.6. The molecule has 0 amide bonds. The van der Waals surface area contributed by atoms with E-state index in [1.165, 1.54) is 6.92 Å². The largest absolute Gasteiger partial charge is 0.459 e. The summed E-state index contributed by atoms with van der Waals surface area (Å²) in [6.45, 7) is 37.5. The van der Waals surface area contributed by atoms with Crippen molar-refractivity contribution in [3.63, 3.8) is 0 Å². The van der Waals surface area contributed by atoms with Crippen molar-refractivity contribution in [2.45, 2.75) is 245 Å². The van der Waals surface area contributed by atoms with E-state index >= 15 is 0 Å². The van der Waals surface area contributed by atoms with Gasteiger partial charge in [-0.3, -0.25) is 4.79 Å². The first kappa shape index (κ1) is 60.2. The average Bonchev–Trinajstić information content (AvgIpc) is 3.20. The lowest BCUT2D eigenvalue weighted by Crippen LogP contribution is -2.63. The van der Waals surface area contributed by atoms with Gasteiger partial charge in [0.15, 0.2) is 29.2 Å². The van der Waals surface area contributed by atoms with Crippen molar-refractivity contribution in [1.82, 2.24) is 4.90 Å². The molecule has 3 fully saturated rings. The predicted molar refractivity (Wildman–Crippen MR) is 265 cm³/mol. The van der Waals surface area contributed by atoms with Gasteiger partial charge in [-0.05, 0) is 121 Å². The molecule has 3 aliphatic rings. The lowest BCUT2D eigenvalue weighted by Gasteiger charge is -2.51. The first-order valence-electron chi connectivity index (χ1n) is 24.9. The molecule has 0 spiro atoms. The Morgan fingerprint density at radius 2 is 1.39 bits per heavy atom. The molecule has 0 saturated carbocycles. The minimum absolute atomic E-state index is 0.0381. The van der Waals surface area contributed by atoms with Crippen molar-refractivity contribution < 1.29 is 66.6 Å². The quantitative estimate of drug-likeness (QED) is 0.0665. The molecule has 0 aromatic carbocycles. The highest BCUT2D eigenvalue weighted by Crippen LogP contribution is 2.43. The number of hydrogen-bond donors (Lipinski definition) is 2. The van der Waals surface area contributed by atoms with Crippen LogP contribution < -0.4 is 0 Å². The number of aliphatic hydroxyl groups excluding tert-OH is 1. The zero-order chi connectivity index (χ0) is 51.4. The highest BCUT2D eigenvalue weighted by Gasteiger charge is 2.55. The Morgan fingerprint density at radius 3 is 1.90 bits per heavy atom. The number of oxime groups is 1. The molecule has 2 N–H and O–H groups in total. The van der Waals surface area contributed by atoms with E-state index in [0.717, 1.165) is 6.42 Å². The van der Waals surface area contributed by atoms with E-state index in [4.69, 9.17) is 56.7 Å². The van der Waals surface area contributed by atoms with E-state index in [1.54, 1.807) is 48.8 Å². The zero-order valence-electron chi connectivity index (χ0n) is 45.9. The molecule has 18 heteroatoms. The lowest BCUT2D eigenvalue weighted by molar-refractivity contribution is -0.316. The molecule has 0 radical (unpaired) electrons. The van der Waals surface area contributed by atoms with Crippen LogP contribution in [0, 0.1) is 23.7 Å². The van der Waals surface area contributed by atoms with Crippen LogP contribution in [0.4, 0.5) is 0 Å². The number of ether oxygens (including phenoxy) is 8. The second-order valence-electron chi connectivity index (χ2n) is 23.1. The fourth-order valence-corrected chi connectivity index (χ4v) is 12.7. The summed E-state index contributed by atoms with van der Waals surface area (Å²) < 4.78 is 66.8. The van der Waals surface area contributed by atoms with Crippen molar-refractivity contribution in [2.75, 3.05) is 34.9 Å². The minimum Gasteiger partial charge on any atom is -0.459 e.